The molecule has 0 unspecified atom stereocenters. The minimum absolute atomic E-state index is 0.0747. The van der Waals surface area contributed by atoms with Gasteiger partial charge in [0, 0.05) is 0 Å². The second kappa shape index (κ2) is 10.9. The van der Waals surface area contributed by atoms with Crippen LogP contribution in [-0.2, 0) is 19.0 Å². The Kier molecular flexibility index (Phi) is 9.50. The molecule has 1 aromatic rings. The first-order chi connectivity index (χ1) is 13.7. The summed E-state index contributed by atoms with van der Waals surface area (Å²) in [5, 5.41) is 0. The van der Waals surface area contributed by atoms with Crippen LogP contribution in [0.1, 0.15) is 60.1 Å². The van der Waals surface area contributed by atoms with Crippen LogP contribution in [0.4, 0.5) is 9.59 Å². The van der Waals surface area contributed by atoms with E-state index in [1.165, 1.54) is 7.11 Å². The van der Waals surface area contributed by atoms with Crippen molar-refractivity contribution in [1.29, 1.82) is 0 Å². The molecule has 0 aliphatic heterocycles. The molecule has 30 heavy (non-hydrogen) atoms. The molecule has 0 saturated heterocycles. The van der Waals surface area contributed by atoms with Gasteiger partial charge in [-0.15, -0.1) is 0 Å². The Labute approximate surface area is 193 Å². The summed E-state index contributed by atoms with van der Waals surface area (Å²) < 4.78 is 17.4. The molecule has 0 atom stereocenters. The van der Waals surface area contributed by atoms with Gasteiger partial charge in [-0.25, -0.2) is 0 Å². The number of ether oxygens (including phenoxy) is 3. The van der Waals surface area contributed by atoms with E-state index in [4.69, 9.17) is 14.2 Å². The molecule has 0 bridgehead atoms. The molecule has 0 radical (unpaired) electrons. The molecule has 164 valence electrons. The van der Waals surface area contributed by atoms with Crippen LogP contribution in [0.25, 0.3) is 5.57 Å². The van der Waals surface area contributed by atoms with Gasteiger partial charge >= 0.3 is 153 Å². The first-order valence-electron chi connectivity index (χ1n) is 9.55. The third kappa shape index (κ3) is 9.27. The van der Waals surface area contributed by atoms with Gasteiger partial charge in [-0.3, -0.25) is 0 Å². The fraction of sp³-hybridized carbons (Fsp3) is 0.600. The van der Waals surface area contributed by atoms with E-state index in [0.29, 0.717) is 50.2 Å². The van der Waals surface area contributed by atoms with Gasteiger partial charge in [-0.05, 0) is 41.5 Å². The Balaban J connectivity index is 2.90. The Bertz CT molecular complexity index is 761. The van der Waals surface area contributed by atoms with Gasteiger partial charge in [0.2, 0.25) is 0 Å². The molecule has 0 fully saturated rings. The van der Waals surface area contributed by atoms with Crippen molar-refractivity contribution in [2.75, 3.05) is 13.7 Å². The van der Waals surface area contributed by atoms with Crippen LogP contribution in [0.2, 0.25) is 0 Å². The number of unbranched alkanes of at least 4 members (excludes halogenated alkanes) is 1. The Morgan fingerprint density at radius 2 is 1.63 bits per heavy atom. The zero-order chi connectivity index (χ0) is 23.1. The average molecular weight is 613 g/mol. The van der Waals surface area contributed by atoms with E-state index in [0.717, 1.165) is 4.90 Å². The van der Waals surface area contributed by atoms with Crippen molar-refractivity contribution in [3.63, 3.8) is 0 Å². The summed E-state index contributed by atoms with van der Waals surface area (Å²) in [6.45, 7) is 10.4. The predicted molar refractivity (Wildman–Crippen MR) is 112 cm³/mol. The molecule has 0 saturated carbocycles. The van der Waals surface area contributed by atoms with Crippen LogP contribution in [0.15, 0.2) is 18.6 Å². The first-order valence-corrected chi connectivity index (χ1v) is 11.6. The number of esters is 1. The van der Waals surface area contributed by atoms with Crippen LogP contribution >= 0.6 is 0 Å². The molecular weight excluding hydrogens is 583 g/mol. The third-order valence-corrected chi connectivity index (χ3v) is 4.54. The summed E-state index contributed by atoms with van der Waals surface area (Å²) in [6.07, 6.45) is 4.41. The molecule has 0 aromatic carbocycles. The number of carbonyl (C=O) groups is 3. The SMILES string of the molecule is COC(=O)/C(=C\CCCN(C(=O)OC(C)(C)C)C(=O)OC(C)(C)C)c1c[n]([Tl])cn1. The molecule has 0 N–H and O–H groups in total. The van der Waals surface area contributed by atoms with E-state index in [1.807, 2.05) is 2.38 Å². The van der Waals surface area contributed by atoms with Gasteiger partial charge in [-0.2, -0.15) is 0 Å². The monoisotopic (exact) mass is 613 g/mol. The molecule has 0 aliphatic rings. The van der Waals surface area contributed by atoms with Crippen molar-refractivity contribution < 1.29 is 28.6 Å². The second-order valence-electron chi connectivity index (χ2n) is 8.57. The predicted octanol–water partition coefficient (Wildman–Crippen LogP) is 3.32. The molecule has 1 rings (SSSR count). The van der Waals surface area contributed by atoms with Crippen LogP contribution in [-0.4, -0.2) is 81.3 Å². The molecule has 2 amide bonds. The van der Waals surface area contributed by atoms with Crippen molar-refractivity contribution in [3.8, 4) is 0 Å². The van der Waals surface area contributed by atoms with Crippen molar-refractivity contribution >= 4 is 49.8 Å². The van der Waals surface area contributed by atoms with E-state index in [2.05, 4.69) is 4.98 Å². The van der Waals surface area contributed by atoms with E-state index < -0.39 is 29.4 Å². The normalized spacial score (nSPS) is 12.3. The maximum atomic E-state index is 12.5. The van der Waals surface area contributed by atoms with Crippen LogP contribution in [0, 0.1) is 0 Å². The van der Waals surface area contributed by atoms with Crippen molar-refractivity contribution in [2.45, 2.75) is 65.6 Å². The fourth-order valence-electron chi connectivity index (χ4n) is 2.27. The number of amides is 2. The molecule has 1 aromatic heterocycles. The summed E-state index contributed by atoms with van der Waals surface area (Å²) in [5.41, 5.74) is -0.630. The Morgan fingerprint density at radius 3 is 2.03 bits per heavy atom. The molecule has 0 aliphatic carbocycles. The maximum absolute atomic E-state index is 12.5. The molecular formula is C20H30N3O6Tl. The number of methoxy groups -OCH3 is 1. The van der Waals surface area contributed by atoms with Crippen molar-refractivity contribution in [2.24, 2.45) is 0 Å². The number of allylic oxidation sites excluding steroid dienone is 1. The second-order valence-corrected chi connectivity index (χ2v) is 10.9. The number of carbonyl (C=O) groups excluding carboxylic acids is 3. The fourth-order valence-corrected chi connectivity index (χ4v) is 3.07. The summed E-state index contributed by atoms with van der Waals surface area (Å²) in [6, 6.07) is 0. The van der Waals surface area contributed by atoms with Gasteiger partial charge < -0.3 is 0 Å². The molecule has 0 spiro atoms. The summed E-state index contributed by atoms with van der Waals surface area (Å²) in [7, 11) is 1.31. The number of hydrogen-bond donors (Lipinski definition) is 0. The number of imide groups is 1. The summed E-state index contributed by atoms with van der Waals surface area (Å²) in [4.78, 5) is 42.2. The van der Waals surface area contributed by atoms with Gasteiger partial charge in [0.1, 0.15) is 0 Å². The number of hydrogen-bond acceptors (Lipinski definition) is 7. The van der Waals surface area contributed by atoms with Crippen LogP contribution < -0.4 is 0 Å². The average Bonchev–Trinajstić information content (AvgIpc) is 3.00. The minimum atomic E-state index is -0.774. The van der Waals surface area contributed by atoms with Gasteiger partial charge in [0.15, 0.2) is 0 Å². The van der Waals surface area contributed by atoms with Gasteiger partial charge in [-0.1, -0.05) is 0 Å². The zero-order valence-electron chi connectivity index (χ0n) is 18.7. The van der Waals surface area contributed by atoms with Crippen LogP contribution in [0.3, 0.4) is 0 Å². The number of imidazole rings is 1. The molecule has 9 nitrogen and oxygen atoms in total. The summed E-state index contributed by atoms with van der Waals surface area (Å²) >= 11 is 0.534. The molecule has 1 heterocycles. The quantitative estimate of drug-likeness (QED) is 0.160. The first kappa shape index (κ1) is 26.1. The van der Waals surface area contributed by atoms with Gasteiger partial charge in [0.05, 0.1) is 0 Å². The zero-order valence-corrected chi connectivity index (χ0v) is 23.2. The Morgan fingerprint density at radius 1 is 1.10 bits per heavy atom. The third-order valence-electron chi connectivity index (χ3n) is 3.44. The standard InChI is InChI=1S/C20H30N3O6.Tl/c1-19(2,3)28-17(25)23(18(26)29-20(4,5)6)11-9-8-10-14(16(24)27-7)15-12-21-13-22-15;/h10,12-13H,8-9,11H2,1-7H3;/q-1;+1/b14-10-;. The van der Waals surface area contributed by atoms with Crippen molar-refractivity contribution in [3.05, 3.63) is 24.3 Å². The van der Waals surface area contributed by atoms with Crippen LogP contribution in [0.5, 0.6) is 0 Å². The topological polar surface area (TPSA) is 100.0 Å². The summed E-state index contributed by atoms with van der Waals surface area (Å²) in [5.74, 6) is -0.491. The van der Waals surface area contributed by atoms with E-state index >= 15 is 0 Å². The van der Waals surface area contributed by atoms with Gasteiger partial charge in [0.25, 0.3) is 0 Å². The number of aromatic nitrogens is 2. The number of nitrogens with zero attached hydrogens (tertiary/aromatic N) is 3. The van der Waals surface area contributed by atoms with E-state index in [-0.39, 0.29) is 6.54 Å². The number of rotatable bonds is 6. The molecule has 10 heteroatoms. The van der Waals surface area contributed by atoms with Crippen molar-refractivity contribution in [1.82, 2.24) is 12.3 Å². The Hall–Kier alpha value is -1.92. The van der Waals surface area contributed by atoms with E-state index in [9.17, 15) is 14.4 Å². The van der Waals surface area contributed by atoms with E-state index in [1.54, 1.807) is 60.1 Å².